The number of phenolic OH excluding ortho intramolecular Hbond substituents is 1. The van der Waals surface area contributed by atoms with Crippen molar-refractivity contribution in [1.29, 1.82) is 0 Å². The fourth-order valence-corrected chi connectivity index (χ4v) is 5.69. The summed E-state index contributed by atoms with van der Waals surface area (Å²) in [7, 11) is -3.12. The summed E-state index contributed by atoms with van der Waals surface area (Å²) in [4.78, 5) is 26.6. The Morgan fingerprint density at radius 1 is 1.11 bits per heavy atom. The second kappa shape index (κ2) is 8.29. The van der Waals surface area contributed by atoms with Crippen molar-refractivity contribution in [2.75, 3.05) is 18.1 Å². The van der Waals surface area contributed by atoms with Crippen molar-refractivity contribution in [1.82, 2.24) is 4.90 Å². The van der Waals surface area contributed by atoms with E-state index in [1.807, 2.05) is 0 Å². The van der Waals surface area contributed by atoms with Gasteiger partial charge in [-0.2, -0.15) is 0 Å². The van der Waals surface area contributed by atoms with Gasteiger partial charge in [0.05, 0.1) is 17.1 Å². The number of ether oxygens (including phenoxy) is 1. The summed E-state index contributed by atoms with van der Waals surface area (Å²) in [6.45, 7) is -0.429. The number of rotatable bonds is 5. The molecule has 1 amide bonds. The maximum absolute atomic E-state index is 12.8. The van der Waals surface area contributed by atoms with Gasteiger partial charge in [-0.3, -0.25) is 4.79 Å². The first-order valence-corrected chi connectivity index (χ1v) is 11.2. The maximum Gasteiger partial charge on any atom is 0.338 e. The number of hydrogen-bond acceptors (Lipinski definition) is 6. The van der Waals surface area contributed by atoms with E-state index in [1.165, 1.54) is 24.3 Å². The van der Waals surface area contributed by atoms with E-state index in [4.69, 9.17) is 4.74 Å². The van der Waals surface area contributed by atoms with E-state index in [1.54, 1.807) is 4.90 Å². The number of carbonyl (C=O) groups is 2. The Labute approximate surface area is 159 Å². The lowest BCUT2D eigenvalue weighted by atomic mass is 9.93. The molecular formula is C19H25NO6S. The zero-order chi connectivity index (χ0) is 19.4. The highest BCUT2D eigenvalue weighted by Gasteiger charge is 2.38. The molecule has 1 aromatic rings. The molecule has 1 saturated carbocycles. The molecular weight excluding hydrogens is 370 g/mol. The van der Waals surface area contributed by atoms with Gasteiger partial charge < -0.3 is 14.7 Å². The molecule has 0 unspecified atom stereocenters. The van der Waals surface area contributed by atoms with E-state index < -0.39 is 22.4 Å². The quantitative estimate of drug-likeness (QED) is 0.764. The molecule has 2 fully saturated rings. The Morgan fingerprint density at radius 3 is 2.48 bits per heavy atom. The van der Waals surface area contributed by atoms with E-state index >= 15 is 0 Å². The fourth-order valence-electron chi connectivity index (χ4n) is 3.98. The number of aromatic hydroxyl groups is 1. The van der Waals surface area contributed by atoms with Crippen molar-refractivity contribution < 1.29 is 27.9 Å². The Bertz CT molecular complexity index is 800. The zero-order valence-electron chi connectivity index (χ0n) is 15.2. The molecule has 1 atom stereocenters. The van der Waals surface area contributed by atoms with E-state index in [2.05, 4.69) is 0 Å². The number of hydrogen-bond donors (Lipinski definition) is 1. The summed E-state index contributed by atoms with van der Waals surface area (Å²) in [5.41, 5.74) is 0.162. The van der Waals surface area contributed by atoms with Crippen molar-refractivity contribution in [3.05, 3.63) is 29.8 Å². The van der Waals surface area contributed by atoms with Crippen molar-refractivity contribution in [3.8, 4) is 5.75 Å². The number of esters is 1. The molecule has 8 heteroatoms. The van der Waals surface area contributed by atoms with E-state index in [9.17, 15) is 23.1 Å². The van der Waals surface area contributed by atoms with Crippen LogP contribution in [0.15, 0.2) is 24.3 Å². The molecule has 0 spiro atoms. The van der Waals surface area contributed by atoms with Crippen LogP contribution in [-0.4, -0.2) is 60.5 Å². The molecule has 0 radical (unpaired) electrons. The minimum Gasteiger partial charge on any atom is -0.508 e. The highest BCUT2D eigenvalue weighted by Crippen LogP contribution is 2.28. The fraction of sp³-hybridized carbons (Fsp3) is 0.579. The van der Waals surface area contributed by atoms with Gasteiger partial charge in [-0.1, -0.05) is 25.3 Å². The molecule has 1 N–H and O–H groups in total. The van der Waals surface area contributed by atoms with Gasteiger partial charge in [-0.05, 0) is 37.5 Å². The van der Waals surface area contributed by atoms with Gasteiger partial charge >= 0.3 is 5.97 Å². The van der Waals surface area contributed by atoms with Crippen LogP contribution in [0.4, 0.5) is 0 Å². The largest absolute Gasteiger partial charge is 0.508 e. The van der Waals surface area contributed by atoms with Gasteiger partial charge in [0, 0.05) is 12.1 Å². The molecule has 0 bridgehead atoms. The summed E-state index contributed by atoms with van der Waals surface area (Å²) in [5.74, 6) is -1.03. The average molecular weight is 395 g/mol. The predicted octanol–water partition coefficient (Wildman–Crippen LogP) is 1.90. The van der Waals surface area contributed by atoms with Crippen LogP contribution in [0.25, 0.3) is 0 Å². The Kier molecular flexibility index (Phi) is 6.04. The van der Waals surface area contributed by atoms with E-state index in [0.29, 0.717) is 6.42 Å². The average Bonchev–Trinajstić information content (AvgIpc) is 3.00. The summed E-state index contributed by atoms with van der Waals surface area (Å²) in [6.07, 6.45) is 5.28. The molecule has 2 aliphatic rings. The predicted molar refractivity (Wildman–Crippen MR) is 99.2 cm³/mol. The van der Waals surface area contributed by atoms with Gasteiger partial charge in [0.15, 0.2) is 16.4 Å². The van der Waals surface area contributed by atoms with Crippen molar-refractivity contribution in [2.45, 2.75) is 50.6 Å². The number of phenols is 1. The molecule has 1 heterocycles. The minimum absolute atomic E-state index is 0.00372. The smallest absolute Gasteiger partial charge is 0.338 e. The number of amides is 1. The first-order chi connectivity index (χ1) is 12.9. The number of sulfone groups is 1. The molecule has 0 aromatic heterocycles. The topological polar surface area (TPSA) is 101 Å². The third kappa shape index (κ3) is 5.00. The second-order valence-corrected chi connectivity index (χ2v) is 9.50. The van der Waals surface area contributed by atoms with Crippen LogP contribution in [0.3, 0.4) is 0 Å². The molecule has 1 aromatic carbocycles. The first-order valence-electron chi connectivity index (χ1n) is 9.33. The van der Waals surface area contributed by atoms with Crippen LogP contribution < -0.4 is 0 Å². The second-order valence-electron chi connectivity index (χ2n) is 7.28. The lowest BCUT2D eigenvalue weighted by Crippen LogP contribution is -2.50. The van der Waals surface area contributed by atoms with Crippen LogP contribution in [-0.2, 0) is 19.4 Å². The Hall–Kier alpha value is -2.09. The Balaban J connectivity index is 1.68. The monoisotopic (exact) mass is 395 g/mol. The van der Waals surface area contributed by atoms with Crippen molar-refractivity contribution >= 4 is 21.7 Å². The number of carbonyl (C=O) groups excluding carboxylic acids is 2. The highest BCUT2D eigenvalue weighted by molar-refractivity contribution is 7.91. The minimum atomic E-state index is -3.12. The van der Waals surface area contributed by atoms with E-state index in [0.717, 1.165) is 32.1 Å². The highest BCUT2D eigenvalue weighted by atomic mass is 32.2. The standard InChI is InChI=1S/C19H25NO6S/c21-17-8-4-5-14(11-17)19(23)26-12-18(22)20(15-6-2-1-3-7-15)16-9-10-27(24,25)13-16/h4-5,8,11,15-16,21H,1-3,6-7,9-10,12-13H2/t16-/m0/s1. The van der Waals surface area contributed by atoms with Gasteiger partial charge in [0.1, 0.15) is 5.75 Å². The van der Waals surface area contributed by atoms with Gasteiger partial charge in [-0.25, -0.2) is 13.2 Å². The van der Waals surface area contributed by atoms with Crippen LogP contribution in [0.2, 0.25) is 0 Å². The zero-order valence-corrected chi connectivity index (χ0v) is 16.0. The molecule has 7 nitrogen and oxygen atoms in total. The third-order valence-electron chi connectivity index (χ3n) is 5.27. The number of benzene rings is 1. The third-order valence-corrected chi connectivity index (χ3v) is 7.02. The maximum atomic E-state index is 12.8. The van der Waals surface area contributed by atoms with Crippen LogP contribution in [0.5, 0.6) is 5.75 Å². The molecule has 148 valence electrons. The van der Waals surface area contributed by atoms with Gasteiger partial charge in [0.2, 0.25) is 0 Å². The lowest BCUT2D eigenvalue weighted by Gasteiger charge is -2.38. The van der Waals surface area contributed by atoms with Crippen molar-refractivity contribution in [3.63, 3.8) is 0 Å². The molecule has 27 heavy (non-hydrogen) atoms. The summed E-state index contributed by atoms with van der Waals surface area (Å²) < 4.78 is 28.9. The van der Waals surface area contributed by atoms with E-state index in [-0.39, 0.29) is 40.8 Å². The number of nitrogens with zero attached hydrogens (tertiary/aromatic N) is 1. The normalized spacial score (nSPS) is 22.3. The summed E-state index contributed by atoms with van der Waals surface area (Å²) in [6, 6.07) is 5.39. The summed E-state index contributed by atoms with van der Waals surface area (Å²) >= 11 is 0. The van der Waals surface area contributed by atoms with Gasteiger partial charge in [-0.15, -0.1) is 0 Å². The molecule has 1 aliphatic heterocycles. The van der Waals surface area contributed by atoms with Crippen LogP contribution >= 0.6 is 0 Å². The van der Waals surface area contributed by atoms with Crippen LogP contribution in [0.1, 0.15) is 48.9 Å². The Morgan fingerprint density at radius 2 is 1.85 bits per heavy atom. The van der Waals surface area contributed by atoms with Crippen molar-refractivity contribution in [2.24, 2.45) is 0 Å². The molecule has 3 rings (SSSR count). The van der Waals surface area contributed by atoms with Crippen LogP contribution in [0, 0.1) is 0 Å². The SMILES string of the molecule is O=C(OCC(=O)N(C1CCCCC1)[C@H]1CCS(=O)(=O)C1)c1cccc(O)c1. The van der Waals surface area contributed by atoms with Gasteiger partial charge in [0.25, 0.3) is 5.91 Å². The molecule has 1 saturated heterocycles. The summed E-state index contributed by atoms with van der Waals surface area (Å²) in [5, 5.41) is 9.45. The lowest BCUT2D eigenvalue weighted by molar-refractivity contribution is -0.140. The molecule has 1 aliphatic carbocycles. The first kappa shape index (κ1) is 19.7.